The molecule has 0 amide bonds. The van der Waals surface area contributed by atoms with Crippen molar-refractivity contribution in [3.63, 3.8) is 0 Å². The number of halogens is 1. The van der Waals surface area contributed by atoms with Crippen LogP contribution in [0, 0.1) is 5.82 Å². The summed E-state index contributed by atoms with van der Waals surface area (Å²) in [6, 6.07) is 14.5. The quantitative estimate of drug-likeness (QED) is 0.893. The third kappa shape index (κ3) is 3.58. The fourth-order valence-electron chi connectivity index (χ4n) is 2.19. The molecule has 1 unspecified atom stereocenters. The Morgan fingerprint density at radius 3 is 2.45 bits per heavy atom. The van der Waals surface area contributed by atoms with E-state index in [0.29, 0.717) is 13.0 Å². The molecule has 106 valence electrons. The first-order chi connectivity index (χ1) is 9.60. The molecule has 3 heteroatoms. The molecule has 0 radical (unpaired) electrons. The molecule has 0 saturated carbocycles. The van der Waals surface area contributed by atoms with Gasteiger partial charge in [0.15, 0.2) is 0 Å². The van der Waals surface area contributed by atoms with Crippen molar-refractivity contribution in [3.05, 3.63) is 65.5 Å². The van der Waals surface area contributed by atoms with Crippen LogP contribution in [0.5, 0.6) is 0 Å². The Kier molecular flexibility index (Phi) is 4.74. The number of hydrogen-bond donors (Lipinski definition) is 1. The molecule has 0 aliphatic heterocycles. The van der Waals surface area contributed by atoms with Crippen molar-refractivity contribution in [2.45, 2.75) is 26.0 Å². The standard InChI is InChI=1S/C17H20FNO/c1-3-17(20)14-7-9-16(10-8-14)19(2)12-13-5-4-6-15(18)11-13/h4-11,17,20H,3,12H2,1-2H3. The Labute approximate surface area is 119 Å². The van der Waals surface area contributed by atoms with E-state index in [9.17, 15) is 9.50 Å². The fraction of sp³-hybridized carbons (Fsp3) is 0.294. The van der Waals surface area contributed by atoms with Crippen LogP contribution in [0.4, 0.5) is 10.1 Å². The van der Waals surface area contributed by atoms with Gasteiger partial charge in [-0.25, -0.2) is 4.39 Å². The second-order valence-electron chi connectivity index (χ2n) is 5.00. The largest absolute Gasteiger partial charge is 0.388 e. The van der Waals surface area contributed by atoms with E-state index in [1.54, 1.807) is 12.1 Å². The van der Waals surface area contributed by atoms with Crippen LogP contribution in [0.15, 0.2) is 48.5 Å². The van der Waals surface area contributed by atoms with E-state index in [-0.39, 0.29) is 5.82 Å². The van der Waals surface area contributed by atoms with Gasteiger partial charge >= 0.3 is 0 Å². The molecule has 0 heterocycles. The molecule has 0 aromatic heterocycles. The summed E-state index contributed by atoms with van der Waals surface area (Å²) in [4.78, 5) is 2.05. The van der Waals surface area contributed by atoms with Gasteiger partial charge in [0.25, 0.3) is 0 Å². The van der Waals surface area contributed by atoms with E-state index in [1.165, 1.54) is 6.07 Å². The lowest BCUT2D eigenvalue weighted by molar-refractivity contribution is 0.173. The molecule has 0 fully saturated rings. The van der Waals surface area contributed by atoms with E-state index >= 15 is 0 Å². The normalized spacial score (nSPS) is 12.2. The highest BCUT2D eigenvalue weighted by Crippen LogP contribution is 2.21. The van der Waals surface area contributed by atoms with E-state index in [1.807, 2.05) is 44.3 Å². The molecule has 1 N–H and O–H groups in total. The summed E-state index contributed by atoms with van der Waals surface area (Å²) in [6.45, 7) is 2.60. The molecule has 2 nitrogen and oxygen atoms in total. The minimum atomic E-state index is -0.405. The highest BCUT2D eigenvalue weighted by atomic mass is 19.1. The maximum absolute atomic E-state index is 13.2. The number of hydrogen-bond acceptors (Lipinski definition) is 2. The lowest BCUT2D eigenvalue weighted by Crippen LogP contribution is -2.16. The average Bonchev–Trinajstić information content (AvgIpc) is 2.46. The summed E-state index contributed by atoms with van der Waals surface area (Å²) < 4.78 is 13.2. The Morgan fingerprint density at radius 2 is 1.85 bits per heavy atom. The number of nitrogens with zero attached hydrogens (tertiary/aromatic N) is 1. The van der Waals surface area contributed by atoms with Crippen LogP contribution in [-0.4, -0.2) is 12.2 Å². The highest BCUT2D eigenvalue weighted by Gasteiger charge is 2.06. The van der Waals surface area contributed by atoms with Crippen molar-refractivity contribution in [3.8, 4) is 0 Å². The third-order valence-electron chi connectivity index (χ3n) is 3.41. The van der Waals surface area contributed by atoms with E-state index < -0.39 is 6.10 Å². The zero-order valence-corrected chi connectivity index (χ0v) is 11.9. The van der Waals surface area contributed by atoms with E-state index in [2.05, 4.69) is 4.90 Å². The van der Waals surface area contributed by atoms with Crippen LogP contribution in [0.1, 0.15) is 30.6 Å². The van der Waals surface area contributed by atoms with E-state index in [4.69, 9.17) is 0 Å². The van der Waals surface area contributed by atoms with Crippen molar-refractivity contribution in [2.24, 2.45) is 0 Å². The van der Waals surface area contributed by atoms with Crippen LogP contribution in [0.25, 0.3) is 0 Å². The maximum atomic E-state index is 13.2. The third-order valence-corrected chi connectivity index (χ3v) is 3.41. The maximum Gasteiger partial charge on any atom is 0.123 e. The average molecular weight is 273 g/mol. The van der Waals surface area contributed by atoms with Crippen LogP contribution < -0.4 is 4.90 Å². The Morgan fingerprint density at radius 1 is 1.15 bits per heavy atom. The van der Waals surface area contributed by atoms with Gasteiger partial charge in [0, 0.05) is 19.3 Å². The molecule has 0 aliphatic carbocycles. The summed E-state index contributed by atoms with van der Waals surface area (Å²) in [5.74, 6) is -0.211. The molecular weight excluding hydrogens is 253 g/mol. The Balaban J connectivity index is 2.07. The first-order valence-electron chi connectivity index (χ1n) is 6.83. The first-order valence-corrected chi connectivity index (χ1v) is 6.83. The van der Waals surface area contributed by atoms with Crippen LogP contribution in [0.3, 0.4) is 0 Å². The lowest BCUT2D eigenvalue weighted by Gasteiger charge is -2.20. The minimum Gasteiger partial charge on any atom is -0.388 e. The Hall–Kier alpha value is -1.87. The SMILES string of the molecule is CCC(O)c1ccc(N(C)Cc2cccc(F)c2)cc1. The molecule has 1 atom stereocenters. The van der Waals surface area contributed by atoms with Crippen LogP contribution in [-0.2, 0) is 6.54 Å². The van der Waals surface area contributed by atoms with Gasteiger partial charge in [0.2, 0.25) is 0 Å². The second-order valence-corrected chi connectivity index (χ2v) is 5.00. The molecule has 0 bridgehead atoms. The fourth-order valence-corrected chi connectivity index (χ4v) is 2.19. The van der Waals surface area contributed by atoms with Gasteiger partial charge in [0.1, 0.15) is 5.82 Å². The van der Waals surface area contributed by atoms with Crippen LogP contribution >= 0.6 is 0 Å². The van der Waals surface area contributed by atoms with Crippen molar-refractivity contribution in [1.29, 1.82) is 0 Å². The smallest absolute Gasteiger partial charge is 0.123 e. The van der Waals surface area contributed by atoms with Gasteiger partial charge in [-0.3, -0.25) is 0 Å². The summed E-state index contributed by atoms with van der Waals surface area (Å²) in [5.41, 5.74) is 2.90. The van der Waals surface area contributed by atoms with Gasteiger partial charge in [-0.1, -0.05) is 31.2 Å². The predicted octanol–water partition coefficient (Wildman–Crippen LogP) is 3.91. The van der Waals surface area contributed by atoms with Gasteiger partial charge in [-0.15, -0.1) is 0 Å². The number of benzene rings is 2. The number of anilines is 1. The summed E-state index contributed by atoms with van der Waals surface area (Å²) in [6.07, 6.45) is 0.302. The van der Waals surface area contributed by atoms with Crippen molar-refractivity contribution in [1.82, 2.24) is 0 Å². The van der Waals surface area contributed by atoms with Crippen LogP contribution in [0.2, 0.25) is 0 Å². The summed E-state index contributed by atoms with van der Waals surface area (Å²) in [7, 11) is 1.97. The van der Waals surface area contributed by atoms with Crippen molar-refractivity contribution >= 4 is 5.69 Å². The van der Waals surface area contributed by atoms with Gasteiger partial charge in [-0.05, 0) is 41.8 Å². The summed E-state index contributed by atoms with van der Waals surface area (Å²) >= 11 is 0. The lowest BCUT2D eigenvalue weighted by atomic mass is 10.1. The van der Waals surface area contributed by atoms with Gasteiger partial charge < -0.3 is 10.0 Å². The molecular formula is C17H20FNO. The molecule has 0 aliphatic rings. The summed E-state index contributed by atoms with van der Waals surface area (Å²) in [5, 5.41) is 9.77. The molecule has 2 rings (SSSR count). The molecule has 2 aromatic carbocycles. The number of aliphatic hydroxyl groups excluding tert-OH is 1. The molecule has 0 spiro atoms. The van der Waals surface area contributed by atoms with Crippen molar-refractivity contribution in [2.75, 3.05) is 11.9 Å². The molecule has 20 heavy (non-hydrogen) atoms. The van der Waals surface area contributed by atoms with Crippen molar-refractivity contribution < 1.29 is 9.50 Å². The first kappa shape index (κ1) is 14.5. The highest BCUT2D eigenvalue weighted by molar-refractivity contribution is 5.47. The zero-order valence-electron chi connectivity index (χ0n) is 11.9. The second kappa shape index (κ2) is 6.53. The topological polar surface area (TPSA) is 23.5 Å². The zero-order chi connectivity index (χ0) is 14.5. The van der Waals surface area contributed by atoms with Gasteiger partial charge in [-0.2, -0.15) is 0 Å². The monoisotopic (exact) mass is 273 g/mol. The Bertz CT molecular complexity index is 553. The minimum absolute atomic E-state index is 0.211. The number of aliphatic hydroxyl groups is 1. The van der Waals surface area contributed by atoms with E-state index in [0.717, 1.165) is 16.8 Å². The molecule has 0 saturated heterocycles. The predicted molar refractivity (Wildman–Crippen MR) is 80.2 cm³/mol. The molecule has 2 aromatic rings. The van der Waals surface area contributed by atoms with Gasteiger partial charge in [0.05, 0.1) is 6.10 Å². The number of rotatable bonds is 5.